The highest BCUT2D eigenvalue weighted by atomic mass is 19.1. The molecule has 0 aromatic heterocycles. The molecule has 0 heterocycles. The van der Waals surface area contributed by atoms with Crippen molar-refractivity contribution >= 4 is 17.3 Å². The lowest BCUT2D eigenvalue weighted by Gasteiger charge is -2.15. The van der Waals surface area contributed by atoms with Gasteiger partial charge >= 0.3 is 5.97 Å². The average Bonchev–Trinajstić information content (AvgIpc) is 2.39. The summed E-state index contributed by atoms with van der Waals surface area (Å²) in [6.07, 6.45) is 1.41. The number of hydrogen-bond donors (Lipinski definition) is 2. The zero-order chi connectivity index (χ0) is 15.3. The molecular weight excluding hydrogens is 271 g/mol. The van der Waals surface area contributed by atoms with Crippen molar-refractivity contribution in [1.82, 2.24) is 0 Å². The molecule has 7 nitrogen and oxygen atoms in total. The highest BCUT2D eigenvalue weighted by molar-refractivity contribution is 5.79. The summed E-state index contributed by atoms with van der Waals surface area (Å²) in [6.45, 7) is 3.41. The Bertz CT molecular complexity index is 547. The number of carboxylic acid groups (broad SMARTS) is 1. The summed E-state index contributed by atoms with van der Waals surface area (Å²) >= 11 is 0. The first kappa shape index (κ1) is 15.4. The Hall–Kier alpha value is -2.64. The highest BCUT2D eigenvalue weighted by Crippen LogP contribution is 2.32. The summed E-state index contributed by atoms with van der Waals surface area (Å²) in [5.74, 6) is -2.33. The number of aliphatic carboxylic acids is 1. The molecule has 1 aromatic carbocycles. The van der Waals surface area contributed by atoms with Gasteiger partial charge < -0.3 is 15.2 Å². The minimum absolute atomic E-state index is 0.0478. The third-order valence-corrected chi connectivity index (χ3v) is 2.50. The van der Waals surface area contributed by atoms with Gasteiger partial charge in [-0.25, -0.2) is 9.18 Å². The second-order valence-corrected chi connectivity index (χ2v) is 3.82. The van der Waals surface area contributed by atoms with Crippen LogP contribution in [0.15, 0.2) is 24.8 Å². The van der Waals surface area contributed by atoms with Crippen LogP contribution in [0.3, 0.4) is 0 Å². The summed E-state index contributed by atoms with van der Waals surface area (Å²) in [7, 11) is 1.20. The molecule has 1 unspecified atom stereocenters. The summed E-state index contributed by atoms with van der Waals surface area (Å²) in [4.78, 5) is 21.1. The smallest absolute Gasteiger partial charge is 0.326 e. The zero-order valence-corrected chi connectivity index (χ0v) is 10.6. The minimum Gasteiger partial charge on any atom is -0.494 e. The van der Waals surface area contributed by atoms with E-state index in [9.17, 15) is 19.3 Å². The molecule has 0 fully saturated rings. The van der Waals surface area contributed by atoms with Crippen molar-refractivity contribution in [3.8, 4) is 5.75 Å². The van der Waals surface area contributed by atoms with Crippen LogP contribution in [0.2, 0.25) is 0 Å². The van der Waals surface area contributed by atoms with E-state index in [0.717, 1.165) is 6.07 Å². The summed E-state index contributed by atoms with van der Waals surface area (Å²) < 4.78 is 18.2. The van der Waals surface area contributed by atoms with Crippen molar-refractivity contribution in [2.45, 2.75) is 12.5 Å². The molecule has 1 aromatic rings. The topological polar surface area (TPSA) is 102 Å². The number of rotatable bonds is 7. The standard InChI is InChI=1S/C12H13FN2O5/c1-3-4-8(12(16)17)14-9-6-11(20-2)7(13)5-10(9)15(18)19/h3,5-6,8,14H,1,4H2,2H3,(H,16,17). The van der Waals surface area contributed by atoms with Crippen molar-refractivity contribution < 1.29 is 24.0 Å². The quantitative estimate of drug-likeness (QED) is 0.452. The zero-order valence-electron chi connectivity index (χ0n) is 10.6. The molecule has 0 aliphatic rings. The van der Waals surface area contributed by atoms with Crippen molar-refractivity contribution in [3.05, 3.63) is 40.7 Å². The molecular formula is C12H13FN2O5. The Kier molecular flexibility index (Phi) is 5.01. The number of methoxy groups -OCH3 is 1. The van der Waals surface area contributed by atoms with Crippen molar-refractivity contribution in [2.75, 3.05) is 12.4 Å². The third kappa shape index (κ3) is 3.44. The van der Waals surface area contributed by atoms with E-state index < -0.39 is 28.4 Å². The fraction of sp³-hybridized carbons (Fsp3) is 0.250. The van der Waals surface area contributed by atoms with Crippen LogP contribution in [0.4, 0.5) is 15.8 Å². The molecule has 0 aliphatic carbocycles. The van der Waals surface area contributed by atoms with Crippen LogP contribution in [0.1, 0.15) is 6.42 Å². The number of carboxylic acids is 1. The van der Waals surface area contributed by atoms with Gasteiger partial charge in [0.05, 0.1) is 18.1 Å². The van der Waals surface area contributed by atoms with Crippen LogP contribution in [0, 0.1) is 15.9 Å². The predicted octanol–water partition coefficient (Wildman–Crippen LogP) is 2.18. The maximum Gasteiger partial charge on any atom is 0.326 e. The third-order valence-electron chi connectivity index (χ3n) is 2.50. The summed E-state index contributed by atoms with van der Waals surface area (Å²) in [5, 5.41) is 22.3. The van der Waals surface area contributed by atoms with Crippen molar-refractivity contribution in [3.63, 3.8) is 0 Å². The van der Waals surface area contributed by atoms with Crippen LogP contribution in [0.25, 0.3) is 0 Å². The lowest BCUT2D eigenvalue weighted by Crippen LogP contribution is -2.28. The Labute approximate surface area is 113 Å². The number of ether oxygens (including phenoxy) is 1. The molecule has 0 radical (unpaired) electrons. The van der Waals surface area contributed by atoms with E-state index >= 15 is 0 Å². The second kappa shape index (κ2) is 6.50. The molecule has 1 atom stereocenters. The first-order valence-electron chi connectivity index (χ1n) is 5.52. The number of nitrogens with zero attached hydrogens (tertiary/aromatic N) is 1. The summed E-state index contributed by atoms with van der Waals surface area (Å²) in [6, 6.07) is 0.613. The molecule has 2 N–H and O–H groups in total. The number of nitrogens with one attached hydrogen (secondary N) is 1. The van der Waals surface area contributed by atoms with Crippen LogP contribution in [-0.2, 0) is 4.79 Å². The van der Waals surface area contributed by atoms with Gasteiger partial charge in [-0.3, -0.25) is 10.1 Å². The first-order chi connectivity index (χ1) is 9.40. The number of hydrogen-bond acceptors (Lipinski definition) is 5. The van der Waals surface area contributed by atoms with Gasteiger partial charge in [-0.1, -0.05) is 6.08 Å². The van der Waals surface area contributed by atoms with Gasteiger partial charge in [0, 0.05) is 6.07 Å². The first-order valence-corrected chi connectivity index (χ1v) is 5.52. The molecule has 0 aliphatic heterocycles. The molecule has 0 bridgehead atoms. The second-order valence-electron chi connectivity index (χ2n) is 3.82. The van der Waals surface area contributed by atoms with Gasteiger partial charge in [-0.15, -0.1) is 6.58 Å². The number of nitro benzene ring substituents is 1. The number of benzene rings is 1. The minimum atomic E-state index is -1.21. The number of anilines is 1. The SMILES string of the molecule is C=CCC(Nc1cc(OC)c(F)cc1[N+](=O)[O-])C(=O)O. The fourth-order valence-electron chi connectivity index (χ4n) is 1.54. The molecule has 0 spiro atoms. The predicted molar refractivity (Wildman–Crippen MR) is 69.5 cm³/mol. The number of carbonyl (C=O) groups is 1. The van der Waals surface area contributed by atoms with Gasteiger partial charge in [0.15, 0.2) is 11.6 Å². The van der Waals surface area contributed by atoms with E-state index in [2.05, 4.69) is 11.9 Å². The average molecular weight is 284 g/mol. The summed E-state index contributed by atoms with van der Waals surface area (Å²) in [5.41, 5.74) is -0.707. The van der Waals surface area contributed by atoms with Gasteiger partial charge in [0.2, 0.25) is 0 Å². The Morgan fingerprint density at radius 2 is 2.35 bits per heavy atom. The maximum absolute atomic E-state index is 13.4. The largest absolute Gasteiger partial charge is 0.494 e. The lowest BCUT2D eigenvalue weighted by molar-refractivity contribution is -0.384. The lowest BCUT2D eigenvalue weighted by atomic mass is 10.1. The highest BCUT2D eigenvalue weighted by Gasteiger charge is 2.23. The van der Waals surface area contributed by atoms with Crippen molar-refractivity contribution in [1.29, 1.82) is 0 Å². The van der Waals surface area contributed by atoms with Crippen LogP contribution in [0.5, 0.6) is 5.75 Å². The molecule has 1 rings (SSSR count). The van der Waals surface area contributed by atoms with Crippen molar-refractivity contribution in [2.24, 2.45) is 0 Å². The van der Waals surface area contributed by atoms with Gasteiger partial charge in [0.25, 0.3) is 5.69 Å². The number of halogens is 1. The van der Waals surface area contributed by atoms with E-state index in [1.807, 2.05) is 0 Å². The molecule has 108 valence electrons. The van der Waals surface area contributed by atoms with E-state index in [-0.39, 0.29) is 17.9 Å². The molecule has 20 heavy (non-hydrogen) atoms. The van der Waals surface area contributed by atoms with Gasteiger partial charge in [-0.2, -0.15) is 0 Å². The number of nitro groups is 1. The normalized spacial score (nSPS) is 11.5. The van der Waals surface area contributed by atoms with E-state index in [1.165, 1.54) is 13.2 Å². The van der Waals surface area contributed by atoms with Crippen LogP contribution >= 0.6 is 0 Å². The Balaban J connectivity index is 3.23. The molecule has 0 saturated heterocycles. The van der Waals surface area contributed by atoms with E-state index in [4.69, 9.17) is 9.84 Å². The van der Waals surface area contributed by atoms with Gasteiger partial charge in [0.1, 0.15) is 11.7 Å². The monoisotopic (exact) mass is 284 g/mol. The Morgan fingerprint density at radius 3 is 2.80 bits per heavy atom. The molecule has 0 saturated carbocycles. The fourth-order valence-corrected chi connectivity index (χ4v) is 1.54. The Morgan fingerprint density at radius 1 is 1.70 bits per heavy atom. The van der Waals surface area contributed by atoms with Crippen LogP contribution < -0.4 is 10.1 Å². The van der Waals surface area contributed by atoms with Crippen LogP contribution in [-0.4, -0.2) is 29.2 Å². The molecule has 0 amide bonds. The van der Waals surface area contributed by atoms with Gasteiger partial charge in [-0.05, 0) is 6.42 Å². The van der Waals surface area contributed by atoms with E-state index in [0.29, 0.717) is 6.07 Å². The van der Waals surface area contributed by atoms with E-state index in [1.54, 1.807) is 0 Å². The maximum atomic E-state index is 13.4. The molecule has 8 heteroatoms.